The number of unbranched alkanes of at least 4 members (excludes halogenated alkanes) is 1. The minimum atomic E-state index is 0.755. The molecular weight excluding hydrogens is 332 g/mol. The number of piperazine rings is 1. The number of pyridine rings is 1. The average Bonchev–Trinajstić information content (AvgIpc) is 2.61. The summed E-state index contributed by atoms with van der Waals surface area (Å²) in [5.41, 5.74) is 3.32. The molecule has 5 heteroatoms. The van der Waals surface area contributed by atoms with Gasteiger partial charge in [0.2, 0.25) is 0 Å². The summed E-state index contributed by atoms with van der Waals surface area (Å²) in [6.07, 6.45) is 5.18. The van der Waals surface area contributed by atoms with Crippen LogP contribution in [0, 0.1) is 0 Å². The summed E-state index contributed by atoms with van der Waals surface area (Å²) in [6, 6.07) is 6.00. The maximum atomic E-state index is 6.28. The van der Waals surface area contributed by atoms with Crippen LogP contribution in [0.4, 0.5) is 11.5 Å². The number of nitrogens with zero attached hydrogens (tertiary/aromatic N) is 4. The molecule has 0 spiro atoms. The Hall–Kier alpha value is -1.65. The first-order chi connectivity index (χ1) is 12.1. The van der Waals surface area contributed by atoms with Crippen LogP contribution < -0.4 is 4.90 Å². The minimum Gasteiger partial charge on any atom is -0.352 e. The van der Waals surface area contributed by atoms with E-state index in [1.165, 1.54) is 5.56 Å². The summed E-state index contributed by atoms with van der Waals surface area (Å²) in [7, 11) is 2.17. The van der Waals surface area contributed by atoms with Crippen LogP contribution in [0.2, 0.25) is 5.02 Å². The van der Waals surface area contributed by atoms with E-state index in [4.69, 9.17) is 21.6 Å². The van der Waals surface area contributed by atoms with Crippen molar-refractivity contribution in [2.45, 2.75) is 33.1 Å². The molecular formula is C20H27ClN4. The Morgan fingerprint density at radius 2 is 2.00 bits per heavy atom. The fraction of sp³-hybridized carbons (Fsp3) is 0.500. The number of hydrogen-bond donors (Lipinski definition) is 0. The van der Waals surface area contributed by atoms with Crippen molar-refractivity contribution < 1.29 is 0 Å². The Morgan fingerprint density at radius 1 is 1.24 bits per heavy atom. The van der Waals surface area contributed by atoms with E-state index in [2.05, 4.69) is 23.8 Å². The van der Waals surface area contributed by atoms with E-state index >= 15 is 0 Å². The zero-order chi connectivity index (χ0) is 17.8. The fourth-order valence-corrected chi connectivity index (χ4v) is 3.56. The van der Waals surface area contributed by atoms with Crippen molar-refractivity contribution in [2.24, 2.45) is 4.99 Å². The van der Waals surface area contributed by atoms with Gasteiger partial charge in [0, 0.05) is 42.8 Å². The van der Waals surface area contributed by atoms with Gasteiger partial charge in [-0.15, -0.1) is 0 Å². The maximum absolute atomic E-state index is 6.28. The molecule has 0 radical (unpaired) electrons. The molecule has 1 aliphatic heterocycles. The molecule has 0 bridgehead atoms. The second kappa shape index (κ2) is 8.15. The number of aliphatic imine (C=N–C) groups is 1. The number of halogens is 1. The highest BCUT2D eigenvalue weighted by atomic mass is 35.5. The Labute approximate surface area is 155 Å². The minimum absolute atomic E-state index is 0.755. The van der Waals surface area contributed by atoms with Gasteiger partial charge < -0.3 is 9.80 Å². The first kappa shape index (κ1) is 18.2. The van der Waals surface area contributed by atoms with Crippen LogP contribution in [0.1, 0.15) is 32.3 Å². The number of benzene rings is 1. The molecule has 0 aliphatic carbocycles. The van der Waals surface area contributed by atoms with Gasteiger partial charge in [0.25, 0.3) is 0 Å². The Bertz CT molecular complexity index is 764. The molecule has 0 amide bonds. The van der Waals surface area contributed by atoms with Crippen LogP contribution in [0.25, 0.3) is 10.9 Å². The lowest BCUT2D eigenvalue weighted by atomic mass is 10.0. The van der Waals surface area contributed by atoms with Crippen molar-refractivity contribution >= 4 is 40.2 Å². The number of aromatic nitrogens is 1. The molecule has 134 valence electrons. The molecule has 1 aromatic heterocycles. The zero-order valence-corrected chi connectivity index (χ0v) is 16.2. The molecule has 2 aromatic rings. The molecule has 0 atom stereocenters. The average molecular weight is 359 g/mol. The predicted octanol–water partition coefficient (Wildman–Crippen LogP) is 4.70. The van der Waals surface area contributed by atoms with E-state index in [-0.39, 0.29) is 0 Å². The number of hydrogen-bond acceptors (Lipinski definition) is 4. The van der Waals surface area contributed by atoms with Crippen molar-refractivity contribution in [1.82, 2.24) is 9.88 Å². The van der Waals surface area contributed by atoms with E-state index in [9.17, 15) is 0 Å². The van der Waals surface area contributed by atoms with Crippen molar-refractivity contribution in [1.29, 1.82) is 0 Å². The van der Waals surface area contributed by atoms with Crippen molar-refractivity contribution in [3.8, 4) is 0 Å². The fourth-order valence-electron chi connectivity index (χ4n) is 3.39. The lowest BCUT2D eigenvalue weighted by Crippen LogP contribution is -2.44. The van der Waals surface area contributed by atoms with Crippen molar-refractivity contribution in [3.63, 3.8) is 0 Å². The first-order valence-electron chi connectivity index (χ1n) is 9.18. The number of rotatable bonds is 5. The van der Waals surface area contributed by atoms with Crippen LogP contribution in [0.15, 0.2) is 23.2 Å². The van der Waals surface area contributed by atoms with Crippen LogP contribution in [-0.2, 0) is 6.42 Å². The van der Waals surface area contributed by atoms with Gasteiger partial charge in [0.1, 0.15) is 5.69 Å². The molecule has 1 aliphatic rings. The molecule has 1 aromatic carbocycles. The van der Waals surface area contributed by atoms with E-state index < -0.39 is 0 Å². The largest absolute Gasteiger partial charge is 0.352 e. The second-order valence-corrected chi connectivity index (χ2v) is 7.14. The Balaban J connectivity index is 2.17. The summed E-state index contributed by atoms with van der Waals surface area (Å²) in [6.45, 7) is 8.28. The number of anilines is 1. The lowest BCUT2D eigenvalue weighted by Gasteiger charge is -2.34. The summed E-state index contributed by atoms with van der Waals surface area (Å²) in [5, 5.41) is 1.89. The lowest BCUT2D eigenvalue weighted by molar-refractivity contribution is 0.312. The zero-order valence-electron chi connectivity index (χ0n) is 15.4. The van der Waals surface area contributed by atoms with Crippen LogP contribution in [-0.4, -0.2) is 49.3 Å². The molecule has 2 heterocycles. The first-order valence-corrected chi connectivity index (χ1v) is 9.56. The summed E-state index contributed by atoms with van der Waals surface area (Å²) in [5.74, 6) is 1.02. The molecule has 0 N–H and O–H groups in total. The van der Waals surface area contributed by atoms with Gasteiger partial charge in [-0.2, -0.15) is 0 Å². The van der Waals surface area contributed by atoms with E-state index in [1.54, 1.807) is 0 Å². The number of fused-ring (bicyclic) bond motifs is 1. The quantitative estimate of drug-likeness (QED) is 0.726. The van der Waals surface area contributed by atoms with Gasteiger partial charge in [0.15, 0.2) is 5.82 Å². The molecule has 25 heavy (non-hydrogen) atoms. The third kappa shape index (κ3) is 3.96. The van der Waals surface area contributed by atoms with Crippen LogP contribution in [0.5, 0.6) is 0 Å². The van der Waals surface area contributed by atoms with E-state index in [0.717, 1.165) is 72.9 Å². The van der Waals surface area contributed by atoms with Crippen LogP contribution >= 0.6 is 11.6 Å². The van der Waals surface area contributed by atoms with Crippen molar-refractivity contribution in [3.05, 3.63) is 28.8 Å². The topological polar surface area (TPSA) is 31.7 Å². The van der Waals surface area contributed by atoms with Gasteiger partial charge >= 0.3 is 0 Å². The van der Waals surface area contributed by atoms with Gasteiger partial charge in [-0.1, -0.05) is 24.9 Å². The normalized spacial score (nSPS) is 16.2. The SMILES string of the molecule is CC=Nc1c(N2CCN(C)CC2)nc2ccc(Cl)cc2c1CCCC. The number of likely N-dealkylation sites (N-methyl/N-ethyl adjacent to an activating group) is 1. The maximum Gasteiger partial charge on any atom is 0.155 e. The third-order valence-corrected chi connectivity index (χ3v) is 5.08. The number of aryl methyl sites for hydroxylation is 1. The highest BCUT2D eigenvalue weighted by molar-refractivity contribution is 6.31. The molecule has 1 fully saturated rings. The standard InChI is InChI=1S/C20H27ClN4/c1-4-6-7-16-17-14-15(21)8-9-18(17)23-20(19(16)22-5-2)25-12-10-24(3)11-13-25/h5,8-9,14H,4,6-7,10-13H2,1-3H3. The van der Waals surface area contributed by atoms with Gasteiger partial charge in [-0.05, 0) is 50.6 Å². The monoisotopic (exact) mass is 358 g/mol. The summed E-state index contributed by atoms with van der Waals surface area (Å²) >= 11 is 6.28. The molecule has 0 saturated carbocycles. The molecule has 3 rings (SSSR count). The smallest absolute Gasteiger partial charge is 0.155 e. The van der Waals surface area contributed by atoms with Gasteiger partial charge in [-0.3, -0.25) is 4.99 Å². The Morgan fingerprint density at radius 3 is 2.68 bits per heavy atom. The summed E-state index contributed by atoms with van der Waals surface area (Å²) in [4.78, 5) is 14.5. The third-order valence-electron chi connectivity index (χ3n) is 4.85. The second-order valence-electron chi connectivity index (χ2n) is 6.71. The molecule has 4 nitrogen and oxygen atoms in total. The van der Waals surface area contributed by atoms with E-state index in [1.807, 2.05) is 31.3 Å². The molecule has 0 unspecified atom stereocenters. The summed E-state index contributed by atoms with van der Waals surface area (Å²) < 4.78 is 0. The Kier molecular flexibility index (Phi) is 5.92. The van der Waals surface area contributed by atoms with Crippen LogP contribution in [0.3, 0.4) is 0 Å². The molecule has 1 saturated heterocycles. The highest BCUT2D eigenvalue weighted by Crippen LogP contribution is 2.38. The van der Waals surface area contributed by atoms with Gasteiger partial charge in [0.05, 0.1) is 5.52 Å². The van der Waals surface area contributed by atoms with E-state index in [0.29, 0.717) is 0 Å². The van der Waals surface area contributed by atoms with Crippen molar-refractivity contribution in [2.75, 3.05) is 38.1 Å². The highest BCUT2D eigenvalue weighted by Gasteiger charge is 2.22. The van der Waals surface area contributed by atoms with Gasteiger partial charge in [-0.25, -0.2) is 4.98 Å². The predicted molar refractivity (Wildman–Crippen MR) is 109 cm³/mol.